The maximum atomic E-state index is 12.4. The van der Waals surface area contributed by atoms with Gasteiger partial charge in [0.15, 0.2) is 0 Å². The summed E-state index contributed by atoms with van der Waals surface area (Å²) in [5, 5.41) is 3.07. The van der Waals surface area contributed by atoms with Crippen LogP contribution < -0.4 is 5.32 Å². The zero-order valence-corrected chi connectivity index (χ0v) is 14.1. The van der Waals surface area contributed by atoms with Gasteiger partial charge < -0.3 is 14.8 Å². The van der Waals surface area contributed by atoms with Gasteiger partial charge in [0.2, 0.25) is 0 Å². The Kier molecular flexibility index (Phi) is 5.03. The summed E-state index contributed by atoms with van der Waals surface area (Å²) < 4.78 is 1.96. The summed E-state index contributed by atoms with van der Waals surface area (Å²) in [4.78, 5) is 14.5. The quantitative estimate of drug-likeness (QED) is 0.921. The van der Waals surface area contributed by atoms with Crippen molar-refractivity contribution in [3.63, 3.8) is 0 Å². The number of nitrogens with zero attached hydrogens (tertiary/aromatic N) is 2. The van der Waals surface area contributed by atoms with Gasteiger partial charge >= 0.3 is 0 Å². The molecule has 2 aromatic rings. The van der Waals surface area contributed by atoms with Gasteiger partial charge in [0.05, 0.1) is 11.6 Å². The van der Waals surface area contributed by atoms with Crippen molar-refractivity contribution in [1.82, 2.24) is 14.8 Å². The highest BCUT2D eigenvalue weighted by molar-refractivity contribution is 5.95. The second-order valence-corrected chi connectivity index (χ2v) is 5.97. The van der Waals surface area contributed by atoms with Gasteiger partial charge in [0.1, 0.15) is 0 Å². The Morgan fingerprint density at radius 1 is 1.23 bits per heavy atom. The zero-order valence-electron chi connectivity index (χ0n) is 14.1. The number of amides is 1. The van der Waals surface area contributed by atoms with E-state index in [1.165, 1.54) is 11.1 Å². The molecule has 1 aromatic heterocycles. The molecule has 0 aliphatic heterocycles. The van der Waals surface area contributed by atoms with Crippen molar-refractivity contribution in [2.75, 3.05) is 20.6 Å². The lowest BCUT2D eigenvalue weighted by Gasteiger charge is -2.26. The fourth-order valence-corrected chi connectivity index (χ4v) is 2.66. The second-order valence-electron chi connectivity index (χ2n) is 5.97. The average Bonchev–Trinajstić information content (AvgIpc) is 2.80. The van der Waals surface area contributed by atoms with Crippen LogP contribution in [-0.2, 0) is 7.05 Å². The summed E-state index contributed by atoms with van der Waals surface area (Å²) in [6.45, 7) is 4.65. The third kappa shape index (κ3) is 3.39. The molecule has 0 radical (unpaired) electrons. The van der Waals surface area contributed by atoms with E-state index in [0.717, 1.165) is 11.3 Å². The Balaban J connectivity index is 2.12. The fourth-order valence-electron chi connectivity index (χ4n) is 2.66. The largest absolute Gasteiger partial charge is 0.354 e. The minimum absolute atomic E-state index is 0.0152. The van der Waals surface area contributed by atoms with E-state index in [0.29, 0.717) is 6.54 Å². The lowest BCUT2D eigenvalue weighted by molar-refractivity contribution is 0.0941. The number of carbonyl (C=O) groups is 1. The lowest BCUT2D eigenvalue weighted by Crippen LogP contribution is -2.35. The van der Waals surface area contributed by atoms with E-state index in [-0.39, 0.29) is 11.9 Å². The summed E-state index contributed by atoms with van der Waals surface area (Å²) in [6, 6.07) is 10.3. The standard InChI is InChI=1S/C18H25N3O/c1-13-8-6-7-9-15(13)17(20(3)4)12-19-18(22)16-10-11-21(5)14(16)2/h6-11,17H,12H2,1-5H3,(H,19,22)/t17-/m1/s1. The van der Waals surface area contributed by atoms with Crippen LogP contribution in [-0.4, -0.2) is 36.0 Å². The maximum absolute atomic E-state index is 12.4. The summed E-state index contributed by atoms with van der Waals surface area (Å²) >= 11 is 0. The minimum atomic E-state index is -0.0152. The highest BCUT2D eigenvalue weighted by atomic mass is 16.1. The fraction of sp³-hybridized carbons (Fsp3) is 0.389. The molecule has 0 bridgehead atoms. The molecule has 0 unspecified atom stereocenters. The number of likely N-dealkylation sites (N-methyl/N-ethyl adjacent to an activating group) is 1. The van der Waals surface area contributed by atoms with E-state index >= 15 is 0 Å². The Hall–Kier alpha value is -2.07. The van der Waals surface area contributed by atoms with Gasteiger partial charge in [-0.1, -0.05) is 24.3 Å². The number of hydrogen-bond donors (Lipinski definition) is 1. The van der Waals surface area contributed by atoms with Crippen molar-refractivity contribution in [2.45, 2.75) is 19.9 Å². The summed E-state index contributed by atoms with van der Waals surface area (Å²) in [5.74, 6) is -0.0152. The molecule has 22 heavy (non-hydrogen) atoms. The van der Waals surface area contributed by atoms with Crippen molar-refractivity contribution < 1.29 is 4.79 Å². The first-order valence-electron chi connectivity index (χ1n) is 7.54. The molecule has 2 rings (SSSR count). The molecule has 0 aliphatic rings. The van der Waals surface area contributed by atoms with Gasteiger partial charge in [0.25, 0.3) is 5.91 Å². The van der Waals surface area contributed by atoms with Crippen LogP contribution in [0.15, 0.2) is 36.5 Å². The van der Waals surface area contributed by atoms with Gasteiger partial charge in [-0.15, -0.1) is 0 Å². The third-order valence-electron chi connectivity index (χ3n) is 4.26. The first-order chi connectivity index (χ1) is 10.4. The number of hydrogen-bond acceptors (Lipinski definition) is 2. The maximum Gasteiger partial charge on any atom is 0.253 e. The van der Waals surface area contributed by atoms with E-state index in [4.69, 9.17) is 0 Å². The molecular weight excluding hydrogens is 274 g/mol. The van der Waals surface area contributed by atoms with Crippen LogP contribution in [0.25, 0.3) is 0 Å². The van der Waals surface area contributed by atoms with Crippen molar-refractivity contribution in [2.24, 2.45) is 7.05 Å². The van der Waals surface area contributed by atoms with Crippen molar-refractivity contribution in [3.05, 3.63) is 58.9 Å². The molecule has 0 saturated carbocycles. The van der Waals surface area contributed by atoms with Crippen LogP contribution in [0.4, 0.5) is 0 Å². The van der Waals surface area contributed by atoms with Crippen LogP contribution in [0, 0.1) is 13.8 Å². The minimum Gasteiger partial charge on any atom is -0.354 e. The molecule has 4 heteroatoms. The van der Waals surface area contributed by atoms with E-state index in [1.54, 1.807) is 0 Å². The summed E-state index contributed by atoms with van der Waals surface area (Å²) in [7, 11) is 6.02. The first kappa shape index (κ1) is 16.3. The summed E-state index contributed by atoms with van der Waals surface area (Å²) in [5.41, 5.74) is 4.21. The number of nitrogens with one attached hydrogen (secondary N) is 1. The van der Waals surface area contributed by atoms with Crippen molar-refractivity contribution in [3.8, 4) is 0 Å². The number of benzene rings is 1. The predicted octanol–water partition coefficient (Wildman–Crippen LogP) is 2.67. The molecule has 1 atom stereocenters. The molecule has 1 aromatic carbocycles. The first-order valence-corrected chi connectivity index (χ1v) is 7.54. The summed E-state index contributed by atoms with van der Waals surface area (Å²) in [6.07, 6.45) is 1.91. The molecule has 118 valence electrons. The van der Waals surface area contributed by atoms with E-state index < -0.39 is 0 Å². The highest BCUT2D eigenvalue weighted by Gasteiger charge is 2.18. The Morgan fingerprint density at radius 3 is 2.45 bits per heavy atom. The Bertz CT molecular complexity index is 658. The molecule has 0 saturated heterocycles. The van der Waals surface area contributed by atoms with Crippen LogP contribution in [0.5, 0.6) is 0 Å². The lowest BCUT2D eigenvalue weighted by atomic mass is 10.0. The Morgan fingerprint density at radius 2 is 1.91 bits per heavy atom. The number of aryl methyl sites for hydroxylation is 2. The molecular formula is C18H25N3O. The molecule has 1 amide bonds. The van der Waals surface area contributed by atoms with Crippen LogP contribution >= 0.6 is 0 Å². The monoisotopic (exact) mass is 299 g/mol. The van der Waals surface area contributed by atoms with E-state index in [1.807, 2.05) is 57.0 Å². The molecule has 1 heterocycles. The number of carbonyl (C=O) groups excluding carboxylic acids is 1. The van der Waals surface area contributed by atoms with Gasteiger partial charge in [0, 0.05) is 25.5 Å². The average molecular weight is 299 g/mol. The molecule has 4 nitrogen and oxygen atoms in total. The SMILES string of the molecule is Cc1ccccc1[C@@H](CNC(=O)c1ccn(C)c1C)N(C)C. The topological polar surface area (TPSA) is 37.3 Å². The third-order valence-corrected chi connectivity index (χ3v) is 4.26. The van der Waals surface area contributed by atoms with Crippen molar-refractivity contribution in [1.29, 1.82) is 0 Å². The van der Waals surface area contributed by atoms with Gasteiger partial charge in [-0.3, -0.25) is 4.79 Å². The van der Waals surface area contributed by atoms with Gasteiger partial charge in [-0.05, 0) is 45.1 Å². The van der Waals surface area contributed by atoms with Gasteiger partial charge in [-0.2, -0.15) is 0 Å². The molecule has 1 N–H and O–H groups in total. The van der Waals surface area contributed by atoms with Crippen molar-refractivity contribution >= 4 is 5.91 Å². The second kappa shape index (κ2) is 6.79. The zero-order chi connectivity index (χ0) is 16.3. The van der Waals surface area contributed by atoms with Crippen LogP contribution in [0.3, 0.4) is 0 Å². The van der Waals surface area contributed by atoms with E-state index in [2.05, 4.69) is 29.3 Å². The number of aromatic nitrogens is 1. The highest BCUT2D eigenvalue weighted by Crippen LogP contribution is 2.21. The molecule has 0 fully saturated rings. The molecule has 0 aliphatic carbocycles. The smallest absolute Gasteiger partial charge is 0.253 e. The number of rotatable bonds is 5. The van der Waals surface area contributed by atoms with E-state index in [9.17, 15) is 4.79 Å². The van der Waals surface area contributed by atoms with Crippen LogP contribution in [0.1, 0.15) is 33.2 Å². The van der Waals surface area contributed by atoms with Crippen LogP contribution in [0.2, 0.25) is 0 Å². The Labute approximate surface area is 132 Å². The molecule has 0 spiro atoms. The predicted molar refractivity (Wildman–Crippen MR) is 90.1 cm³/mol. The van der Waals surface area contributed by atoms with Gasteiger partial charge in [-0.25, -0.2) is 0 Å². The normalized spacial score (nSPS) is 12.5.